The molecule has 2 aromatic carbocycles. The average molecular weight is 485 g/mol. The van der Waals surface area contributed by atoms with Crippen molar-refractivity contribution in [2.24, 2.45) is 0 Å². The molecule has 2 aromatic heterocycles. The Balaban J connectivity index is 1.38. The first kappa shape index (κ1) is 19.2. The fraction of sp³-hybridized carbons (Fsp3) is 0.190. The summed E-state index contributed by atoms with van der Waals surface area (Å²) in [5, 5.41) is 0.737. The van der Waals surface area contributed by atoms with Gasteiger partial charge in [-0.2, -0.15) is 0 Å². The van der Waals surface area contributed by atoms with E-state index in [0.717, 1.165) is 56.6 Å². The van der Waals surface area contributed by atoms with Gasteiger partial charge in [-0.3, -0.25) is 0 Å². The molecule has 1 aliphatic heterocycles. The van der Waals surface area contributed by atoms with E-state index in [0.29, 0.717) is 5.82 Å². The van der Waals surface area contributed by atoms with Crippen molar-refractivity contribution in [2.45, 2.75) is 29.4 Å². The van der Waals surface area contributed by atoms with Crippen molar-refractivity contribution >= 4 is 44.7 Å². The molecule has 0 amide bonds. The van der Waals surface area contributed by atoms with Crippen LogP contribution in [0.15, 0.2) is 63.3 Å². The number of anilines is 1. The molecule has 0 fully saturated rings. The van der Waals surface area contributed by atoms with Gasteiger partial charge in [0.1, 0.15) is 0 Å². The molecular weight excluding hydrogens is 466 g/mol. The highest BCUT2D eigenvalue weighted by Gasteiger charge is 2.22. The summed E-state index contributed by atoms with van der Waals surface area (Å²) >= 11 is 5.09. The topological polar surface area (TPSA) is 89.9 Å². The van der Waals surface area contributed by atoms with Gasteiger partial charge in [0, 0.05) is 9.37 Å². The molecule has 0 atom stereocenters. The molecule has 9 heteroatoms. The molecule has 0 bridgehead atoms. The predicted molar refractivity (Wildman–Crippen MR) is 118 cm³/mol. The first-order valence-electron chi connectivity index (χ1n) is 9.52. The van der Waals surface area contributed by atoms with Crippen LogP contribution in [0.4, 0.5) is 5.82 Å². The van der Waals surface area contributed by atoms with Crippen molar-refractivity contribution in [3.8, 4) is 11.5 Å². The first-order valence-corrected chi connectivity index (χ1v) is 11.1. The Labute approximate surface area is 185 Å². The monoisotopic (exact) mass is 484 g/mol. The van der Waals surface area contributed by atoms with Crippen molar-refractivity contribution in [1.82, 2.24) is 15.0 Å². The number of nitrogen functional groups attached to an aromatic ring is 1. The molecule has 5 rings (SSSR count). The van der Waals surface area contributed by atoms with Crippen LogP contribution in [0.2, 0.25) is 0 Å². The smallest absolute Gasteiger partial charge is 0.294 e. The van der Waals surface area contributed by atoms with Crippen molar-refractivity contribution in [1.29, 1.82) is 0 Å². The normalized spacial score (nSPS) is 12.6. The number of rotatable bonds is 6. The van der Waals surface area contributed by atoms with Crippen LogP contribution >= 0.6 is 27.7 Å². The quantitative estimate of drug-likeness (QED) is 0.400. The summed E-state index contributed by atoms with van der Waals surface area (Å²) in [5.74, 6) is 1.91. The minimum atomic E-state index is 0.242. The van der Waals surface area contributed by atoms with Crippen LogP contribution < -0.4 is 19.8 Å². The first-order chi connectivity index (χ1) is 14.7. The zero-order valence-electron chi connectivity index (χ0n) is 16.0. The molecule has 0 aliphatic carbocycles. The summed E-state index contributed by atoms with van der Waals surface area (Å²) < 4.78 is 13.9. The number of aromatic nitrogens is 4. The number of fused-ring (bicyclic) bond motifs is 2. The lowest BCUT2D eigenvalue weighted by atomic mass is 10.1. The molecule has 1 aliphatic rings. The average Bonchev–Trinajstić information content (AvgIpc) is 3.38. The lowest BCUT2D eigenvalue weighted by molar-refractivity contribution is -0.676. The third kappa shape index (κ3) is 3.82. The SMILES string of the molecule is Nc1nc[n+](CCCc2ccccc2)c2nc(Sc3cc4c(cc3Br)OCO4)[nH]c12. The molecule has 0 saturated carbocycles. The Morgan fingerprint density at radius 2 is 1.97 bits per heavy atom. The minimum Gasteiger partial charge on any atom is -0.454 e. The van der Waals surface area contributed by atoms with Gasteiger partial charge in [-0.1, -0.05) is 40.3 Å². The van der Waals surface area contributed by atoms with E-state index >= 15 is 0 Å². The Bertz CT molecular complexity index is 1220. The summed E-state index contributed by atoms with van der Waals surface area (Å²) in [5.41, 5.74) is 8.98. The predicted octanol–water partition coefficient (Wildman–Crippen LogP) is 4.10. The third-order valence-corrected chi connectivity index (χ3v) is 6.73. The highest BCUT2D eigenvalue weighted by atomic mass is 79.9. The van der Waals surface area contributed by atoms with Crippen molar-refractivity contribution in [3.63, 3.8) is 0 Å². The summed E-state index contributed by atoms with van der Waals surface area (Å²) in [4.78, 5) is 13.4. The molecule has 4 aromatic rings. The van der Waals surface area contributed by atoms with Gasteiger partial charge in [-0.15, -0.1) is 0 Å². The van der Waals surface area contributed by atoms with Gasteiger partial charge in [0.05, 0.1) is 6.54 Å². The van der Waals surface area contributed by atoms with E-state index < -0.39 is 0 Å². The van der Waals surface area contributed by atoms with E-state index in [9.17, 15) is 0 Å². The van der Waals surface area contributed by atoms with Crippen LogP contribution in [0.5, 0.6) is 11.5 Å². The van der Waals surface area contributed by atoms with E-state index in [4.69, 9.17) is 20.2 Å². The van der Waals surface area contributed by atoms with Gasteiger partial charge in [0.15, 0.2) is 17.0 Å². The fourth-order valence-electron chi connectivity index (χ4n) is 3.37. The van der Waals surface area contributed by atoms with E-state index in [1.165, 1.54) is 17.3 Å². The molecular formula is C21H19BrN5O2S+. The van der Waals surface area contributed by atoms with Crippen LogP contribution in [-0.4, -0.2) is 21.7 Å². The molecule has 30 heavy (non-hydrogen) atoms. The number of nitrogens with zero attached hydrogens (tertiary/aromatic N) is 3. The van der Waals surface area contributed by atoms with Crippen LogP contribution in [0.3, 0.4) is 0 Å². The number of hydrogen-bond donors (Lipinski definition) is 2. The van der Waals surface area contributed by atoms with Gasteiger partial charge in [-0.05, 0) is 58.2 Å². The number of H-pyrrole nitrogens is 1. The maximum absolute atomic E-state index is 6.10. The van der Waals surface area contributed by atoms with E-state index in [1.54, 1.807) is 6.33 Å². The number of nitrogens with one attached hydrogen (secondary N) is 1. The minimum absolute atomic E-state index is 0.242. The summed E-state index contributed by atoms with van der Waals surface area (Å²) in [6, 6.07) is 14.3. The Hall–Kier alpha value is -2.78. The van der Waals surface area contributed by atoms with Crippen LogP contribution in [0.25, 0.3) is 11.2 Å². The molecule has 152 valence electrons. The number of aromatic amines is 1. The molecule has 0 saturated heterocycles. The number of hydrogen-bond acceptors (Lipinski definition) is 6. The van der Waals surface area contributed by atoms with E-state index in [-0.39, 0.29) is 6.79 Å². The second kappa shape index (κ2) is 8.16. The molecule has 0 unspecified atom stereocenters. The number of ether oxygens (including phenoxy) is 2. The van der Waals surface area contributed by atoms with E-state index in [1.807, 2.05) is 22.8 Å². The van der Waals surface area contributed by atoms with Gasteiger partial charge < -0.3 is 20.2 Å². The lowest BCUT2D eigenvalue weighted by Gasteiger charge is -2.03. The van der Waals surface area contributed by atoms with Crippen LogP contribution in [-0.2, 0) is 13.0 Å². The highest BCUT2D eigenvalue weighted by Crippen LogP contribution is 2.42. The summed E-state index contributed by atoms with van der Waals surface area (Å²) in [6.07, 6.45) is 3.74. The van der Waals surface area contributed by atoms with Crippen molar-refractivity contribution < 1.29 is 14.0 Å². The Morgan fingerprint density at radius 1 is 1.17 bits per heavy atom. The van der Waals surface area contributed by atoms with Gasteiger partial charge in [-0.25, -0.2) is 4.57 Å². The number of imidazole rings is 1. The maximum Gasteiger partial charge on any atom is 0.294 e. The van der Waals surface area contributed by atoms with Crippen LogP contribution in [0.1, 0.15) is 12.0 Å². The van der Waals surface area contributed by atoms with Gasteiger partial charge in [0.2, 0.25) is 24.1 Å². The molecule has 0 radical (unpaired) electrons. The van der Waals surface area contributed by atoms with Crippen LogP contribution in [0, 0.1) is 0 Å². The highest BCUT2D eigenvalue weighted by molar-refractivity contribution is 9.10. The van der Waals surface area contributed by atoms with Gasteiger partial charge >= 0.3 is 0 Å². The number of halogens is 1. The zero-order chi connectivity index (χ0) is 20.5. The summed E-state index contributed by atoms with van der Waals surface area (Å²) in [7, 11) is 0. The van der Waals surface area contributed by atoms with Gasteiger partial charge in [0.25, 0.3) is 5.65 Å². The van der Waals surface area contributed by atoms with Crippen molar-refractivity contribution in [3.05, 3.63) is 58.8 Å². The largest absolute Gasteiger partial charge is 0.454 e. The second-order valence-corrected chi connectivity index (χ2v) is 8.78. The maximum atomic E-state index is 6.10. The standard InChI is InChI=1S/C21H18BrN5O2S/c22-14-9-15-16(29-12-28-15)10-17(14)30-21-25-18-19(23)24-11-27(20(18)26-21)8-4-7-13-5-2-1-3-6-13/h1-3,5-6,9-11H,4,7-8,12H2,(H2,23,25,26)/p+1. The number of aryl methyl sites for hydroxylation is 2. The lowest BCUT2D eigenvalue weighted by Crippen LogP contribution is -2.35. The van der Waals surface area contributed by atoms with E-state index in [2.05, 4.69) is 50.2 Å². The zero-order valence-corrected chi connectivity index (χ0v) is 18.4. The Kier molecular flexibility index (Phi) is 5.22. The molecule has 7 nitrogen and oxygen atoms in total. The van der Waals surface area contributed by atoms with Crippen molar-refractivity contribution in [2.75, 3.05) is 12.5 Å². The molecule has 3 N–H and O–H groups in total. The Morgan fingerprint density at radius 3 is 2.80 bits per heavy atom. The molecule has 0 spiro atoms. The fourth-order valence-corrected chi connectivity index (χ4v) is 4.75. The molecule has 3 heterocycles. The third-order valence-electron chi connectivity index (χ3n) is 4.87. The number of benzene rings is 2. The number of nitrogens with two attached hydrogens (primary N) is 1. The second-order valence-electron chi connectivity index (χ2n) is 6.89. The summed E-state index contributed by atoms with van der Waals surface area (Å²) in [6.45, 7) is 1.05.